The zero-order valence-corrected chi connectivity index (χ0v) is 7.10. The van der Waals surface area contributed by atoms with Crippen LogP contribution in [-0.4, -0.2) is 18.2 Å². The van der Waals surface area contributed by atoms with Crippen molar-refractivity contribution in [3.63, 3.8) is 0 Å². The third kappa shape index (κ3) is 6.05. The van der Waals surface area contributed by atoms with E-state index in [9.17, 15) is 5.21 Å². The summed E-state index contributed by atoms with van der Waals surface area (Å²) in [5.74, 6) is 0. The van der Waals surface area contributed by atoms with Gasteiger partial charge in [0.1, 0.15) is 0 Å². The molecule has 0 N–H and O–H groups in total. The van der Waals surface area contributed by atoms with E-state index in [-0.39, 0.29) is 0 Å². The average Bonchev–Trinajstić information content (AvgIpc) is 1.89. The van der Waals surface area contributed by atoms with E-state index >= 15 is 0 Å². The highest BCUT2D eigenvalue weighted by Crippen LogP contribution is 1.97. The van der Waals surface area contributed by atoms with E-state index in [2.05, 4.69) is 6.92 Å². The zero-order valence-electron chi connectivity index (χ0n) is 7.10. The second-order valence-electron chi connectivity index (χ2n) is 2.64. The lowest BCUT2D eigenvalue weighted by Gasteiger charge is -2.27. The topological polar surface area (TPSA) is 26.3 Å². The van der Waals surface area contributed by atoms with E-state index in [4.69, 9.17) is 0 Å². The number of unbranched alkanes of at least 4 members (excludes halogenated alkanes) is 2. The Morgan fingerprint density at radius 1 is 1.00 bits per heavy atom. The number of hydroxylamine groups is 2. The molecule has 0 saturated carbocycles. The van der Waals surface area contributed by atoms with Gasteiger partial charge in [0.2, 0.25) is 0 Å². The molecule has 0 atom stereocenters. The van der Waals surface area contributed by atoms with Gasteiger partial charge < -0.3 is 10.3 Å². The normalized spacial score (nSPS) is 10.8. The van der Waals surface area contributed by atoms with E-state index in [1.807, 2.05) is 6.92 Å². The Hall–Kier alpha value is -0.0800. The van der Waals surface area contributed by atoms with Gasteiger partial charge in [0.15, 0.2) is 0 Å². The minimum atomic E-state index is 0.698. The predicted molar refractivity (Wildman–Crippen MR) is 44.8 cm³/mol. The minimum absolute atomic E-state index is 0.698. The molecule has 0 aromatic heterocycles. The summed E-state index contributed by atoms with van der Waals surface area (Å²) >= 11 is 0. The molecule has 0 rings (SSSR count). The Kier molecular flexibility index (Phi) is 6.98. The third-order valence-corrected chi connectivity index (χ3v) is 1.48. The number of rotatable bonds is 6. The largest absolute Gasteiger partial charge is 0.785 e. The second kappa shape index (κ2) is 7.03. The monoisotopic (exact) mass is 144 g/mol. The SMILES string of the molecule is CCCCCN([O-])CCC. The number of hydrogen-bond donors (Lipinski definition) is 0. The van der Waals surface area contributed by atoms with Crippen LogP contribution in [-0.2, 0) is 0 Å². The minimum Gasteiger partial charge on any atom is -0.785 e. The number of hydrogen-bond acceptors (Lipinski definition) is 2. The van der Waals surface area contributed by atoms with E-state index in [1.165, 1.54) is 12.8 Å². The van der Waals surface area contributed by atoms with Crippen LogP contribution in [0.2, 0.25) is 0 Å². The highest BCUT2D eigenvalue weighted by atomic mass is 16.5. The zero-order chi connectivity index (χ0) is 7.82. The first kappa shape index (κ1) is 9.92. The predicted octanol–water partition coefficient (Wildman–Crippen LogP) is 2.39. The van der Waals surface area contributed by atoms with E-state index in [1.54, 1.807) is 0 Å². The van der Waals surface area contributed by atoms with Crippen molar-refractivity contribution in [2.45, 2.75) is 39.5 Å². The van der Waals surface area contributed by atoms with Gasteiger partial charge in [0.25, 0.3) is 0 Å². The first-order valence-electron chi connectivity index (χ1n) is 4.23. The van der Waals surface area contributed by atoms with Gasteiger partial charge in [-0.3, -0.25) is 0 Å². The summed E-state index contributed by atoms with van der Waals surface area (Å²) in [6, 6.07) is 0. The van der Waals surface area contributed by atoms with Crippen molar-refractivity contribution < 1.29 is 0 Å². The lowest BCUT2D eigenvalue weighted by atomic mass is 10.2. The Labute approximate surface area is 63.8 Å². The molecule has 0 amide bonds. The molecule has 0 radical (unpaired) electrons. The third-order valence-electron chi connectivity index (χ3n) is 1.48. The highest BCUT2D eigenvalue weighted by molar-refractivity contribution is 4.55. The highest BCUT2D eigenvalue weighted by Gasteiger charge is 1.88. The number of nitrogens with zero attached hydrogens (tertiary/aromatic N) is 1. The average molecular weight is 144 g/mol. The lowest BCUT2D eigenvalue weighted by Crippen LogP contribution is -2.17. The molecule has 0 fully saturated rings. The molecule has 0 aromatic rings. The van der Waals surface area contributed by atoms with Crippen molar-refractivity contribution in [1.82, 2.24) is 5.06 Å². The van der Waals surface area contributed by atoms with Crippen LogP contribution in [0.3, 0.4) is 0 Å². The van der Waals surface area contributed by atoms with Crippen molar-refractivity contribution in [3.05, 3.63) is 5.21 Å². The maximum Gasteiger partial charge on any atom is -0.0145 e. The summed E-state index contributed by atoms with van der Waals surface area (Å²) in [7, 11) is 0. The summed E-state index contributed by atoms with van der Waals surface area (Å²) in [6.07, 6.45) is 4.40. The molecule has 2 nitrogen and oxygen atoms in total. The Bertz CT molecular complexity index is 66.3. The quantitative estimate of drug-likeness (QED) is 0.422. The smallest absolute Gasteiger partial charge is 0.0145 e. The Balaban J connectivity index is 2.97. The van der Waals surface area contributed by atoms with Gasteiger partial charge >= 0.3 is 0 Å². The standard InChI is InChI=1S/C8H18NO/c1-3-5-6-8-9(10)7-4-2/h3-8H2,1-2H3/q-1. The van der Waals surface area contributed by atoms with Gasteiger partial charge in [-0.25, -0.2) is 0 Å². The summed E-state index contributed by atoms with van der Waals surface area (Å²) in [6.45, 7) is 5.60. The molecule has 0 aromatic carbocycles. The summed E-state index contributed by atoms with van der Waals surface area (Å²) in [5.41, 5.74) is 0. The molecule has 2 heteroatoms. The van der Waals surface area contributed by atoms with Crippen LogP contribution < -0.4 is 0 Å². The first-order valence-corrected chi connectivity index (χ1v) is 4.23. The van der Waals surface area contributed by atoms with Crippen LogP contribution in [0.5, 0.6) is 0 Å². The first-order chi connectivity index (χ1) is 4.81. The molecule has 10 heavy (non-hydrogen) atoms. The van der Waals surface area contributed by atoms with E-state index in [0.29, 0.717) is 6.54 Å². The van der Waals surface area contributed by atoms with Gasteiger partial charge in [0, 0.05) is 0 Å². The molecule has 0 bridgehead atoms. The molecule has 0 spiro atoms. The van der Waals surface area contributed by atoms with Gasteiger partial charge in [-0.2, -0.15) is 0 Å². The van der Waals surface area contributed by atoms with Crippen LogP contribution in [0.4, 0.5) is 0 Å². The molecular formula is C8H18NO-. The lowest BCUT2D eigenvalue weighted by molar-refractivity contribution is 0.366. The molecule has 0 heterocycles. The van der Waals surface area contributed by atoms with Crippen molar-refractivity contribution in [2.24, 2.45) is 0 Å². The van der Waals surface area contributed by atoms with Crippen LogP contribution in [0, 0.1) is 5.21 Å². The van der Waals surface area contributed by atoms with Crippen LogP contribution >= 0.6 is 0 Å². The Morgan fingerprint density at radius 3 is 2.20 bits per heavy atom. The molecule has 0 aliphatic carbocycles. The van der Waals surface area contributed by atoms with Crippen molar-refractivity contribution in [2.75, 3.05) is 13.1 Å². The molecular weight excluding hydrogens is 126 g/mol. The van der Waals surface area contributed by atoms with Crippen molar-refractivity contribution in [1.29, 1.82) is 0 Å². The van der Waals surface area contributed by atoms with Gasteiger partial charge in [0.05, 0.1) is 0 Å². The molecule has 0 aliphatic heterocycles. The van der Waals surface area contributed by atoms with Crippen LogP contribution in [0.15, 0.2) is 0 Å². The van der Waals surface area contributed by atoms with Crippen molar-refractivity contribution >= 4 is 0 Å². The van der Waals surface area contributed by atoms with Crippen LogP contribution in [0.1, 0.15) is 39.5 Å². The second-order valence-corrected chi connectivity index (χ2v) is 2.64. The Morgan fingerprint density at radius 2 is 1.70 bits per heavy atom. The maximum absolute atomic E-state index is 10.8. The fraction of sp³-hybridized carbons (Fsp3) is 1.00. The molecule has 62 valence electrons. The van der Waals surface area contributed by atoms with Gasteiger partial charge in [-0.1, -0.05) is 26.7 Å². The fourth-order valence-corrected chi connectivity index (χ4v) is 0.899. The van der Waals surface area contributed by atoms with E-state index < -0.39 is 0 Å². The summed E-state index contributed by atoms with van der Waals surface area (Å²) < 4.78 is 0. The molecule has 0 saturated heterocycles. The fourth-order valence-electron chi connectivity index (χ4n) is 0.899. The van der Waals surface area contributed by atoms with Crippen molar-refractivity contribution in [3.8, 4) is 0 Å². The van der Waals surface area contributed by atoms with Crippen LogP contribution in [0.25, 0.3) is 0 Å². The van der Waals surface area contributed by atoms with Gasteiger partial charge in [-0.15, -0.1) is 0 Å². The maximum atomic E-state index is 10.8. The summed E-state index contributed by atoms with van der Waals surface area (Å²) in [4.78, 5) is 0. The van der Waals surface area contributed by atoms with E-state index in [0.717, 1.165) is 24.4 Å². The summed E-state index contributed by atoms with van der Waals surface area (Å²) in [5, 5.41) is 12.0. The van der Waals surface area contributed by atoms with Gasteiger partial charge in [-0.05, 0) is 25.9 Å². The molecule has 0 aliphatic rings. The molecule has 0 unspecified atom stereocenters.